The van der Waals surface area contributed by atoms with Crippen LogP contribution in [-0.4, -0.2) is 58.5 Å². The van der Waals surface area contributed by atoms with Gasteiger partial charge in [0.25, 0.3) is 5.56 Å². The highest BCUT2D eigenvalue weighted by molar-refractivity contribution is 5.73. The van der Waals surface area contributed by atoms with Gasteiger partial charge in [-0.3, -0.25) is 9.63 Å². The second kappa shape index (κ2) is 11.4. The van der Waals surface area contributed by atoms with Gasteiger partial charge in [-0.15, -0.1) is 0 Å². The first-order chi connectivity index (χ1) is 16.9. The lowest BCUT2D eigenvalue weighted by atomic mass is 10.1. The van der Waals surface area contributed by atoms with E-state index in [0.29, 0.717) is 25.9 Å². The van der Waals surface area contributed by atoms with E-state index in [2.05, 4.69) is 31.2 Å². The largest absolute Gasteiger partial charge is 0.423 e. The highest BCUT2D eigenvalue weighted by Crippen LogP contribution is 2.31. The summed E-state index contributed by atoms with van der Waals surface area (Å²) >= 11 is 0. The van der Waals surface area contributed by atoms with Gasteiger partial charge in [-0.1, -0.05) is 0 Å². The van der Waals surface area contributed by atoms with E-state index in [-0.39, 0.29) is 31.6 Å². The lowest BCUT2D eigenvalue weighted by Gasteiger charge is -2.32. The van der Waals surface area contributed by atoms with E-state index in [1.165, 1.54) is 0 Å². The molecule has 198 valence electrons. The van der Waals surface area contributed by atoms with Gasteiger partial charge in [-0.25, -0.2) is 25.3 Å². The Balaban J connectivity index is 1.32. The number of aromatic amines is 1. The van der Waals surface area contributed by atoms with Gasteiger partial charge in [-0.2, -0.15) is 31.4 Å². The summed E-state index contributed by atoms with van der Waals surface area (Å²) in [6.07, 6.45) is -5.88. The number of carbonyl (C=O) groups is 1. The molecule has 0 aromatic carbocycles. The molecule has 2 amide bonds. The van der Waals surface area contributed by atoms with Crippen LogP contribution in [0.4, 0.5) is 42.8 Å². The predicted molar refractivity (Wildman–Crippen MR) is 113 cm³/mol. The number of carbonyl (C=O) groups excluding carboxylic acids is 1. The standard InChI is InChI=1S/C19H22F6N8O3/c20-18(21,22)11-8-27-16(28-9-11)33-5-2-12(3-6-33)30-17(35)32-36-7-1-4-26-13-10-29-31-15(34)14(13)19(23,24)25/h8-10,12H,1-7H2,(H2,26,31,34)(H2,30,32,35). The number of rotatable bonds is 8. The summed E-state index contributed by atoms with van der Waals surface area (Å²) in [5.74, 6) is 0.168. The molecule has 0 spiro atoms. The van der Waals surface area contributed by atoms with E-state index >= 15 is 0 Å². The van der Waals surface area contributed by atoms with Crippen molar-refractivity contribution in [3.8, 4) is 0 Å². The van der Waals surface area contributed by atoms with E-state index in [9.17, 15) is 35.9 Å². The fraction of sp³-hybridized carbons (Fsp3) is 0.526. The zero-order valence-corrected chi connectivity index (χ0v) is 18.5. The van der Waals surface area contributed by atoms with E-state index < -0.39 is 40.8 Å². The van der Waals surface area contributed by atoms with Crippen molar-refractivity contribution in [2.24, 2.45) is 0 Å². The first kappa shape index (κ1) is 27.0. The first-order valence-electron chi connectivity index (χ1n) is 10.7. The number of halogens is 6. The van der Waals surface area contributed by atoms with Crippen LogP contribution in [0.3, 0.4) is 0 Å². The first-order valence-corrected chi connectivity index (χ1v) is 10.7. The molecule has 0 radical (unpaired) electrons. The lowest BCUT2D eigenvalue weighted by Crippen LogP contribution is -2.48. The molecule has 1 fully saturated rings. The van der Waals surface area contributed by atoms with Crippen LogP contribution in [0.25, 0.3) is 0 Å². The third kappa shape index (κ3) is 7.43. The number of H-pyrrole nitrogens is 1. The van der Waals surface area contributed by atoms with Crippen molar-refractivity contribution in [2.75, 3.05) is 36.5 Å². The van der Waals surface area contributed by atoms with Crippen LogP contribution in [0.1, 0.15) is 30.4 Å². The summed E-state index contributed by atoms with van der Waals surface area (Å²) in [7, 11) is 0. The second-order valence-corrected chi connectivity index (χ2v) is 7.72. The Morgan fingerprint density at radius 2 is 1.75 bits per heavy atom. The molecule has 3 heterocycles. The molecule has 0 atom stereocenters. The number of amides is 2. The second-order valence-electron chi connectivity index (χ2n) is 7.72. The number of hydrogen-bond donors (Lipinski definition) is 4. The zero-order chi connectivity index (χ0) is 26.3. The van der Waals surface area contributed by atoms with E-state index in [0.717, 1.165) is 18.6 Å². The molecule has 2 aromatic heterocycles. The van der Waals surface area contributed by atoms with Gasteiger partial charge < -0.3 is 15.5 Å². The van der Waals surface area contributed by atoms with Gasteiger partial charge in [0.05, 0.1) is 24.1 Å². The van der Waals surface area contributed by atoms with Crippen molar-refractivity contribution in [3.63, 3.8) is 0 Å². The zero-order valence-electron chi connectivity index (χ0n) is 18.5. The molecule has 0 aliphatic carbocycles. The van der Waals surface area contributed by atoms with Crippen molar-refractivity contribution in [3.05, 3.63) is 40.1 Å². The van der Waals surface area contributed by atoms with E-state index in [1.54, 1.807) is 10.00 Å². The molecular weight excluding hydrogens is 502 g/mol. The van der Waals surface area contributed by atoms with Crippen LogP contribution < -0.4 is 26.6 Å². The number of piperidine rings is 1. The molecule has 36 heavy (non-hydrogen) atoms. The maximum atomic E-state index is 13.0. The van der Waals surface area contributed by atoms with Crippen molar-refractivity contribution in [1.29, 1.82) is 0 Å². The molecule has 2 aromatic rings. The maximum absolute atomic E-state index is 13.0. The molecule has 1 aliphatic heterocycles. The molecule has 17 heteroatoms. The Kier molecular flexibility index (Phi) is 8.54. The van der Waals surface area contributed by atoms with Crippen molar-refractivity contribution in [2.45, 2.75) is 37.7 Å². The van der Waals surface area contributed by atoms with Gasteiger partial charge >= 0.3 is 18.4 Å². The minimum Gasteiger partial charge on any atom is -0.383 e. The molecule has 11 nitrogen and oxygen atoms in total. The fourth-order valence-corrected chi connectivity index (χ4v) is 3.37. The molecule has 1 saturated heterocycles. The van der Waals surface area contributed by atoms with Crippen LogP contribution >= 0.6 is 0 Å². The van der Waals surface area contributed by atoms with Crippen molar-refractivity contribution in [1.82, 2.24) is 31.0 Å². The van der Waals surface area contributed by atoms with Gasteiger partial charge in [0.15, 0.2) is 0 Å². The Labute approximate surface area is 199 Å². The number of hydrogen-bond acceptors (Lipinski definition) is 8. The van der Waals surface area contributed by atoms with Crippen molar-refractivity contribution >= 4 is 17.7 Å². The number of aromatic nitrogens is 4. The fourth-order valence-electron chi connectivity index (χ4n) is 3.37. The topological polar surface area (TPSA) is 137 Å². The molecule has 4 N–H and O–H groups in total. The third-order valence-electron chi connectivity index (χ3n) is 5.12. The van der Waals surface area contributed by atoms with Gasteiger partial charge in [-0.05, 0) is 19.3 Å². The smallest absolute Gasteiger partial charge is 0.383 e. The number of hydroxylamine groups is 1. The summed E-state index contributed by atoms with van der Waals surface area (Å²) in [5, 5.41) is 10.2. The highest BCUT2D eigenvalue weighted by Gasteiger charge is 2.37. The van der Waals surface area contributed by atoms with Crippen molar-refractivity contribution < 1.29 is 36.0 Å². The Morgan fingerprint density at radius 1 is 1.08 bits per heavy atom. The Morgan fingerprint density at radius 3 is 2.36 bits per heavy atom. The number of nitrogens with one attached hydrogen (secondary N) is 4. The van der Waals surface area contributed by atoms with Crippen LogP contribution in [-0.2, 0) is 17.2 Å². The quantitative estimate of drug-likeness (QED) is 0.235. The summed E-state index contributed by atoms with van der Waals surface area (Å²) in [6, 6.07) is -0.837. The molecular formula is C19H22F6N8O3. The number of alkyl halides is 6. The molecule has 0 bridgehead atoms. The Hall–Kier alpha value is -3.63. The summed E-state index contributed by atoms with van der Waals surface area (Å²) in [5.41, 5.74) is -1.98. The van der Waals surface area contributed by atoms with Crippen LogP contribution in [0.5, 0.6) is 0 Å². The minimum absolute atomic E-state index is 0.0159. The number of nitrogens with zero attached hydrogens (tertiary/aromatic N) is 4. The third-order valence-corrected chi connectivity index (χ3v) is 5.12. The summed E-state index contributed by atoms with van der Waals surface area (Å²) in [4.78, 5) is 37.6. The number of urea groups is 1. The van der Waals surface area contributed by atoms with Gasteiger partial charge in [0, 0.05) is 38.1 Å². The van der Waals surface area contributed by atoms with E-state index in [1.807, 2.05) is 0 Å². The van der Waals surface area contributed by atoms with Gasteiger partial charge in [0.2, 0.25) is 5.95 Å². The highest BCUT2D eigenvalue weighted by atomic mass is 19.4. The monoisotopic (exact) mass is 524 g/mol. The average Bonchev–Trinajstić information content (AvgIpc) is 2.80. The van der Waals surface area contributed by atoms with Crippen LogP contribution in [0.15, 0.2) is 23.4 Å². The normalized spacial score (nSPS) is 15.0. The molecule has 0 unspecified atom stereocenters. The SMILES string of the molecule is O=C(NOCCCNc1cn[nH]c(=O)c1C(F)(F)F)NC1CCN(c2ncc(C(F)(F)F)cn2)CC1. The van der Waals surface area contributed by atoms with Gasteiger partial charge in [0.1, 0.15) is 5.56 Å². The average molecular weight is 524 g/mol. The predicted octanol–water partition coefficient (Wildman–Crippen LogP) is 2.30. The summed E-state index contributed by atoms with van der Waals surface area (Å²) < 4.78 is 76.8. The molecule has 3 rings (SSSR count). The lowest BCUT2D eigenvalue weighted by molar-refractivity contribution is -0.139. The summed E-state index contributed by atoms with van der Waals surface area (Å²) in [6.45, 7) is 0.823. The maximum Gasteiger partial charge on any atom is 0.423 e. The van der Waals surface area contributed by atoms with Crippen LogP contribution in [0.2, 0.25) is 0 Å². The van der Waals surface area contributed by atoms with E-state index in [4.69, 9.17) is 4.84 Å². The Bertz CT molecular complexity index is 1070. The molecule has 1 aliphatic rings. The molecule has 0 saturated carbocycles. The minimum atomic E-state index is -4.85. The van der Waals surface area contributed by atoms with Crippen LogP contribution in [0, 0.1) is 0 Å². The number of anilines is 2.